The normalized spacial score (nSPS) is 21.3. The minimum absolute atomic E-state index is 0.0914. The molecule has 0 aromatic heterocycles. The van der Waals surface area contributed by atoms with E-state index in [0.717, 1.165) is 12.2 Å². The Bertz CT molecular complexity index is 479. The van der Waals surface area contributed by atoms with Crippen molar-refractivity contribution >= 4 is 5.97 Å². The number of carboxylic acids is 1. The van der Waals surface area contributed by atoms with Crippen molar-refractivity contribution in [3.8, 4) is 0 Å². The van der Waals surface area contributed by atoms with Gasteiger partial charge in [-0.25, -0.2) is 4.79 Å². The largest absolute Gasteiger partial charge is 0.478 e. The second-order valence-electron chi connectivity index (χ2n) is 4.94. The molecule has 0 fully saturated rings. The monoisotopic (exact) mass is 245 g/mol. The summed E-state index contributed by atoms with van der Waals surface area (Å²) < 4.78 is 0. The van der Waals surface area contributed by atoms with Crippen molar-refractivity contribution in [1.82, 2.24) is 4.90 Å². The number of carboxylic acid groups (broad SMARTS) is 1. The maximum absolute atomic E-state index is 11.2. The predicted octanol–water partition coefficient (Wildman–Crippen LogP) is 3.06. The molecular formula is C15H19NO2. The Morgan fingerprint density at radius 2 is 2.00 bits per heavy atom. The Morgan fingerprint density at radius 1 is 1.39 bits per heavy atom. The van der Waals surface area contributed by atoms with Gasteiger partial charge in [-0.15, -0.1) is 0 Å². The summed E-state index contributed by atoms with van der Waals surface area (Å²) in [6.45, 7) is 6.79. The summed E-state index contributed by atoms with van der Waals surface area (Å²) in [5.41, 5.74) is 2.67. The summed E-state index contributed by atoms with van der Waals surface area (Å²) in [4.78, 5) is 13.4. The quantitative estimate of drug-likeness (QED) is 0.889. The van der Waals surface area contributed by atoms with E-state index < -0.39 is 5.97 Å². The van der Waals surface area contributed by atoms with Crippen molar-refractivity contribution in [1.29, 1.82) is 0 Å². The van der Waals surface area contributed by atoms with E-state index in [0.29, 0.717) is 5.57 Å². The molecule has 0 spiro atoms. The minimum atomic E-state index is -0.789. The lowest BCUT2D eigenvalue weighted by Crippen LogP contribution is -2.24. The Kier molecular flexibility index (Phi) is 3.41. The Balaban J connectivity index is 2.29. The first-order valence-electron chi connectivity index (χ1n) is 6.28. The zero-order valence-corrected chi connectivity index (χ0v) is 11.1. The number of allylic oxidation sites excluding steroid dienone is 1. The molecule has 18 heavy (non-hydrogen) atoms. The first-order chi connectivity index (χ1) is 8.52. The molecule has 1 unspecified atom stereocenters. The third-order valence-electron chi connectivity index (χ3n) is 3.76. The molecule has 1 aromatic carbocycles. The van der Waals surface area contributed by atoms with Gasteiger partial charge in [-0.1, -0.05) is 37.3 Å². The molecule has 0 aliphatic carbocycles. The van der Waals surface area contributed by atoms with Gasteiger partial charge in [0.05, 0.1) is 11.6 Å². The van der Waals surface area contributed by atoms with Gasteiger partial charge in [0.2, 0.25) is 0 Å². The SMILES string of the molecule is CC1=C(C(=O)O)[C@H](C)CN1C(C)c1ccccc1. The molecule has 2 atom stereocenters. The van der Waals surface area contributed by atoms with Gasteiger partial charge in [0.25, 0.3) is 0 Å². The molecule has 3 heteroatoms. The smallest absolute Gasteiger partial charge is 0.333 e. The van der Waals surface area contributed by atoms with Crippen LogP contribution in [-0.2, 0) is 4.79 Å². The lowest BCUT2D eigenvalue weighted by molar-refractivity contribution is -0.133. The van der Waals surface area contributed by atoms with E-state index in [-0.39, 0.29) is 12.0 Å². The summed E-state index contributed by atoms with van der Waals surface area (Å²) in [5, 5.41) is 9.24. The molecule has 0 saturated carbocycles. The Hall–Kier alpha value is -1.77. The van der Waals surface area contributed by atoms with Gasteiger partial charge in [-0.3, -0.25) is 0 Å². The highest BCUT2D eigenvalue weighted by Crippen LogP contribution is 2.34. The van der Waals surface area contributed by atoms with Crippen molar-refractivity contribution in [3.63, 3.8) is 0 Å². The average Bonchev–Trinajstić information content (AvgIpc) is 2.65. The van der Waals surface area contributed by atoms with Crippen molar-refractivity contribution in [2.45, 2.75) is 26.8 Å². The van der Waals surface area contributed by atoms with E-state index in [4.69, 9.17) is 0 Å². The van der Waals surface area contributed by atoms with Crippen LogP contribution in [0.4, 0.5) is 0 Å². The lowest BCUT2D eigenvalue weighted by Gasteiger charge is -2.28. The van der Waals surface area contributed by atoms with E-state index in [9.17, 15) is 9.90 Å². The van der Waals surface area contributed by atoms with Crippen LogP contribution in [0.3, 0.4) is 0 Å². The summed E-state index contributed by atoms with van der Waals surface area (Å²) in [5.74, 6) is -0.698. The van der Waals surface area contributed by atoms with Crippen molar-refractivity contribution in [2.75, 3.05) is 6.54 Å². The highest BCUT2D eigenvalue weighted by molar-refractivity contribution is 5.88. The molecule has 0 bridgehead atoms. The molecule has 0 amide bonds. The van der Waals surface area contributed by atoms with Crippen LogP contribution in [0.15, 0.2) is 41.6 Å². The maximum atomic E-state index is 11.2. The number of hydrogen-bond donors (Lipinski definition) is 1. The van der Waals surface area contributed by atoms with Gasteiger partial charge in [0.15, 0.2) is 0 Å². The molecule has 0 radical (unpaired) electrons. The van der Waals surface area contributed by atoms with Gasteiger partial charge < -0.3 is 10.0 Å². The molecule has 1 aromatic rings. The number of aliphatic carboxylic acids is 1. The van der Waals surface area contributed by atoms with Crippen LogP contribution in [0.5, 0.6) is 0 Å². The van der Waals surface area contributed by atoms with E-state index in [1.165, 1.54) is 5.56 Å². The predicted molar refractivity (Wildman–Crippen MR) is 71.1 cm³/mol. The van der Waals surface area contributed by atoms with Gasteiger partial charge in [0.1, 0.15) is 0 Å². The third-order valence-corrected chi connectivity index (χ3v) is 3.76. The number of benzene rings is 1. The zero-order chi connectivity index (χ0) is 13.3. The summed E-state index contributed by atoms with van der Waals surface area (Å²) in [6, 6.07) is 10.4. The third kappa shape index (κ3) is 2.13. The first kappa shape index (κ1) is 12.7. The first-order valence-corrected chi connectivity index (χ1v) is 6.28. The second-order valence-corrected chi connectivity index (χ2v) is 4.94. The molecule has 1 aliphatic heterocycles. The van der Waals surface area contributed by atoms with E-state index in [1.54, 1.807) is 0 Å². The van der Waals surface area contributed by atoms with Crippen LogP contribution in [0, 0.1) is 5.92 Å². The van der Waals surface area contributed by atoms with Gasteiger partial charge >= 0.3 is 5.97 Å². The van der Waals surface area contributed by atoms with Gasteiger partial charge in [-0.2, -0.15) is 0 Å². The van der Waals surface area contributed by atoms with Gasteiger partial charge in [0, 0.05) is 18.2 Å². The van der Waals surface area contributed by atoms with Crippen LogP contribution >= 0.6 is 0 Å². The molecule has 1 heterocycles. The van der Waals surface area contributed by atoms with E-state index in [1.807, 2.05) is 32.0 Å². The summed E-state index contributed by atoms with van der Waals surface area (Å²) in [7, 11) is 0. The average molecular weight is 245 g/mol. The zero-order valence-electron chi connectivity index (χ0n) is 11.1. The van der Waals surface area contributed by atoms with Crippen molar-refractivity contribution in [3.05, 3.63) is 47.2 Å². The molecule has 2 rings (SSSR count). The fourth-order valence-electron chi connectivity index (χ4n) is 2.76. The van der Waals surface area contributed by atoms with Crippen molar-refractivity contribution in [2.24, 2.45) is 5.92 Å². The number of hydrogen-bond acceptors (Lipinski definition) is 2. The Morgan fingerprint density at radius 3 is 2.50 bits per heavy atom. The van der Waals surface area contributed by atoms with Crippen LogP contribution in [0.25, 0.3) is 0 Å². The molecule has 96 valence electrons. The fraction of sp³-hybridized carbons (Fsp3) is 0.400. The number of nitrogens with zero attached hydrogens (tertiary/aromatic N) is 1. The van der Waals surface area contributed by atoms with E-state index in [2.05, 4.69) is 24.0 Å². The van der Waals surface area contributed by atoms with Crippen LogP contribution in [0.2, 0.25) is 0 Å². The molecule has 3 nitrogen and oxygen atoms in total. The van der Waals surface area contributed by atoms with E-state index >= 15 is 0 Å². The van der Waals surface area contributed by atoms with Crippen LogP contribution in [-0.4, -0.2) is 22.5 Å². The van der Waals surface area contributed by atoms with Crippen molar-refractivity contribution < 1.29 is 9.90 Å². The van der Waals surface area contributed by atoms with Crippen LogP contribution in [0.1, 0.15) is 32.4 Å². The standard InChI is InChI=1S/C15H19NO2/c1-10-9-16(12(3)14(10)15(17)18)11(2)13-7-5-4-6-8-13/h4-8,10-11H,9H2,1-3H3,(H,17,18)/t10-,11?/m1/s1. The fourth-order valence-corrected chi connectivity index (χ4v) is 2.76. The molecule has 1 aliphatic rings. The Labute approximate surface area is 108 Å². The molecule has 1 N–H and O–H groups in total. The highest BCUT2D eigenvalue weighted by atomic mass is 16.4. The summed E-state index contributed by atoms with van der Waals surface area (Å²) in [6.07, 6.45) is 0. The second kappa shape index (κ2) is 4.84. The number of carbonyl (C=O) groups is 1. The topological polar surface area (TPSA) is 40.5 Å². The lowest BCUT2D eigenvalue weighted by atomic mass is 10.0. The number of rotatable bonds is 3. The highest BCUT2D eigenvalue weighted by Gasteiger charge is 2.32. The van der Waals surface area contributed by atoms with Crippen LogP contribution < -0.4 is 0 Å². The summed E-state index contributed by atoms with van der Waals surface area (Å²) >= 11 is 0. The minimum Gasteiger partial charge on any atom is -0.478 e. The molecule has 0 saturated heterocycles. The maximum Gasteiger partial charge on any atom is 0.333 e. The molecular weight excluding hydrogens is 226 g/mol. The van der Waals surface area contributed by atoms with Gasteiger partial charge in [-0.05, 0) is 19.4 Å².